The summed E-state index contributed by atoms with van der Waals surface area (Å²) in [6.07, 6.45) is 1.69. The number of aromatic hydroxyl groups is 1. The van der Waals surface area contributed by atoms with Gasteiger partial charge in [0.15, 0.2) is 12.9 Å². The molecule has 0 heterocycles. The van der Waals surface area contributed by atoms with Crippen molar-refractivity contribution in [2.24, 2.45) is 5.10 Å². The molecule has 2 N–H and O–H groups in total. The molecule has 0 aliphatic heterocycles. The fourth-order valence-corrected chi connectivity index (χ4v) is 4.75. The molecule has 0 unspecified atom stereocenters. The third-order valence-corrected chi connectivity index (χ3v) is 7.09. The SMILES string of the molecule is CCOC(CN(CCc1ccccc1)C(=O)COc1ccc(/C=N/NC(=O)c2ccc(O)c(Cl)c2)c2ccccc12)OCC. The Labute approximate surface area is 262 Å². The number of hydrazone groups is 1. The van der Waals surface area contributed by atoms with Gasteiger partial charge in [0.2, 0.25) is 0 Å². The molecule has 0 saturated heterocycles. The van der Waals surface area contributed by atoms with Crippen LogP contribution in [0.2, 0.25) is 5.02 Å². The average molecular weight is 618 g/mol. The summed E-state index contributed by atoms with van der Waals surface area (Å²) >= 11 is 5.90. The molecule has 4 aromatic rings. The summed E-state index contributed by atoms with van der Waals surface area (Å²) in [5.41, 5.74) is 4.60. The largest absolute Gasteiger partial charge is 0.506 e. The zero-order valence-corrected chi connectivity index (χ0v) is 25.5. The van der Waals surface area contributed by atoms with Crippen LogP contribution in [-0.4, -0.2) is 67.2 Å². The number of carbonyl (C=O) groups excluding carboxylic acids is 2. The summed E-state index contributed by atoms with van der Waals surface area (Å²) in [7, 11) is 0. The minimum Gasteiger partial charge on any atom is -0.506 e. The number of phenols is 1. The summed E-state index contributed by atoms with van der Waals surface area (Å²) in [6.45, 7) is 5.34. The molecule has 44 heavy (non-hydrogen) atoms. The Hall–Kier alpha value is -4.44. The Morgan fingerprint density at radius 3 is 2.36 bits per heavy atom. The maximum atomic E-state index is 13.5. The van der Waals surface area contributed by atoms with Crippen molar-refractivity contribution in [1.82, 2.24) is 10.3 Å². The Balaban J connectivity index is 1.45. The highest BCUT2D eigenvalue weighted by Gasteiger charge is 2.21. The highest BCUT2D eigenvalue weighted by Crippen LogP contribution is 2.28. The molecule has 0 atom stereocenters. The average Bonchev–Trinajstić information content (AvgIpc) is 3.04. The van der Waals surface area contributed by atoms with Crippen LogP contribution in [0, 0.1) is 0 Å². The lowest BCUT2D eigenvalue weighted by Gasteiger charge is -2.27. The van der Waals surface area contributed by atoms with Crippen LogP contribution in [-0.2, 0) is 20.7 Å². The zero-order chi connectivity index (χ0) is 31.3. The van der Waals surface area contributed by atoms with Crippen LogP contribution in [0.1, 0.15) is 35.3 Å². The molecule has 230 valence electrons. The number of nitrogens with one attached hydrogen (secondary N) is 1. The normalized spacial score (nSPS) is 11.3. The van der Waals surface area contributed by atoms with Crippen LogP contribution in [0.25, 0.3) is 10.8 Å². The molecule has 0 aliphatic rings. The number of phenolic OH excluding ortho intramolecular Hbond substituents is 1. The van der Waals surface area contributed by atoms with E-state index in [4.69, 9.17) is 25.8 Å². The van der Waals surface area contributed by atoms with E-state index in [-0.39, 0.29) is 35.4 Å². The van der Waals surface area contributed by atoms with Crippen LogP contribution < -0.4 is 10.2 Å². The fourth-order valence-electron chi connectivity index (χ4n) is 4.57. The molecular weight excluding hydrogens is 582 g/mol. The molecule has 9 nitrogen and oxygen atoms in total. The van der Waals surface area contributed by atoms with Crippen molar-refractivity contribution in [2.45, 2.75) is 26.6 Å². The monoisotopic (exact) mass is 617 g/mol. The maximum absolute atomic E-state index is 13.5. The lowest BCUT2D eigenvalue weighted by atomic mass is 10.0. The molecule has 4 rings (SSSR count). The first-order chi connectivity index (χ1) is 21.4. The summed E-state index contributed by atoms with van der Waals surface area (Å²) in [5, 5.41) is 15.4. The molecule has 0 saturated carbocycles. The minimum atomic E-state index is -0.532. The third kappa shape index (κ3) is 9.03. The number of hydrogen-bond acceptors (Lipinski definition) is 7. The van der Waals surface area contributed by atoms with Gasteiger partial charge in [-0.3, -0.25) is 9.59 Å². The van der Waals surface area contributed by atoms with E-state index in [0.717, 1.165) is 21.9 Å². The van der Waals surface area contributed by atoms with Crippen LogP contribution in [0.15, 0.2) is 90.0 Å². The second-order valence-corrected chi connectivity index (χ2v) is 10.2. The number of hydrogen-bond donors (Lipinski definition) is 2. The van der Waals surface area contributed by atoms with E-state index in [0.29, 0.717) is 31.9 Å². The standard InChI is InChI=1S/C34H36ClN3O6/c1-3-42-33(43-4-2)22-38(19-18-24-10-6-5-7-11-24)32(40)23-44-31-17-15-26(27-12-8-9-13-28(27)31)21-36-37-34(41)25-14-16-30(39)29(35)20-25/h5-17,20-21,33,39H,3-4,18-19,22-23H2,1-2H3,(H,37,41)/b36-21+. The van der Waals surface area contributed by atoms with Gasteiger partial charge in [0.05, 0.1) is 17.8 Å². The maximum Gasteiger partial charge on any atom is 0.271 e. The minimum absolute atomic E-state index is 0.0735. The lowest BCUT2D eigenvalue weighted by Crippen LogP contribution is -2.43. The van der Waals surface area contributed by atoms with E-state index in [9.17, 15) is 14.7 Å². The highest BCUT2D eigenvalue weighted by atomic mass is 35.5. The molecule has 0 bridgehead atoms. The molecular formula is C34H36ClN3O6. The van der Waals surface area contributed by atoms with Crippen LogP contribution in [0.4, 0.5) is 0 Å². The molecule has 0 aliphatic carbocycles. The number of rotatable bonds is 15. The summed E-state index contributed by atoms with van der Waals surface area (Å²) in [5.74, 6) is -0.221. The Morgan fingerprint density at radius 2 is 1.66 bits per heavy atom. The molecule has 10 heteroatoms. The van der Waals surface area contributed by atoms with Gasteiger partial charge in [-0.1, -0.05) is 66.2 Å². The van der Waals surface area contributed by atoms with Gasteiger partial charge >= 0.3 is 0 Å². The van der Waals surface area contributed by atoms with E-state index in [1.807, 2.05) is 74.5 Å². The highest BCUT2D eigenvalue weighted by molar-refractivity contribution is 6.32. The molecule has 2 amide bonds. The van der Waals surface area contributed by atoms with Gasteiger partial charge in [-0.2, -0.15) is 5.10 Å². The van der Waals surface area contributed by atoms with Gasteiger partial charge in [-0.15, -0.1) is 0 Å². The van der Waals surface area contributed by atoms with E-state index in [2.05, 4.69) is 10.5 Å². The van der Waals surface area contributed by atoms with Gasteiger partial charge < -0.3 is 24.2 Å². The number of amides is 2. The molecule has 0 aromatic heterocycles. The predicted octanol–water partition coefficient (Wildman–Crippen LogP) is 5.81. The van der Waals surface area contributed by atoms with Crippen molar-refractivity contribution in [2.75, 3.05) is 32.9 Å². The molecule has 0 fully saturated rings. The Morgan fingerprint density at radius 1 is 0.955 bits per heavy atom. The summed E-state index contributed by atoms with van der Waals surface area (Å²) in [4.78, 5) is 27.6. The quantitative estimate of drug-likeness (QED) is 0.0990. The van der Waals surface area contributed by atoms with Gasteiger partial charge in [0.1, 0.15) is 11.5 Å². The van der Waals surface area contributed by atoms with Crippen LogP contribution >= 0.6 is 11.6 Å². The first-order valence-corrected chi connectivity index (χ1v) is 14.8. The summed E-state index contributed by atoms with van der Waals surface area (Å²) in [6, 6.07) is 25.3. The zero-order valence-electron chi connectivity index (χ0n) is 24.7. The van der Waals surface area contributed by atoms with Gasteiger partial charge in [0.25, 0.3) is 11.8 Å². The van der Waals surface area contributed by atoms with Gasteiger partial charge in [-0.25, -0.2) is 5.43 Å². The van der Waals surface area contributed by atoms with Crippen molar-refractivity contribution < 1.29 is 28.9 Å². The van der Waals surface area contributed by atoms with Crippen molar-refractivity contribution in [3.8, 4) is 11.5 Å². The summed E-state index contributed by atoms with van der Waals surface area (Å²) < 4.78 is 17.5. The molecule has 0 radical (unpaired) electrons. The number of fused-ring (bicyclic) bond motifs is 1. The van der Waals surface area contributed by atoms with E-state index in [1.54, 1.807) is 11.0 Å². The number of ether oxygens (including phenoxy) is 3. The van der Waals surface area contributed by atoms with Crippen LogP contribution in [0.3, 0.4) is 0 Å². The van der Waals surface area contributed by atoms with Crippen molar-refractivity contribution in [1.29, 1.82) is 0 Å². The van der Waals surface area contributed by atoms with E-state index < -0.39 is 12.2 Å². The van der Waals surface area contributed by atoms with Crippen molar-refractivity contribution in [3.63, 3.8) is 0 Å². The van der Waals surface area contributed by atoms with Crippen LogP contribution in [0.5, 0.6) is 11.5 Å². The van der Waals surface area contributed by atoms with Crippen molar-refractivity contribution >= 4 is 40.4 Å². The molecule has 4 aromatic carbocycles. The first kappa shape index (κ1) is 32.5. The van der Waals surface area contributed by atoms with Gasteiger partial charge in [-0.05, 0) is 61.5 Å². The number of carbonyl (C=O) groups is 2. The number of benzene rings is 4. The fraction of sp³-hybridized carbons (Fsp3) is 0.265. The smallest absolute Gasteiger partial charge is 0.271 e. The third-order valence-electron chi connectivity index (χ3n) is 6.79. The topological polar surface area (TPSA) is 110 Å². The lowest BCUT2D eigenvalue weighted by molar-refractivity contribution is -0.159. The Bertz CT molecular complexity index is 1570. The number of nitrogens with zero attached hydrogens (tertiary/aromatic N) is 2. The second-order valence-electron chi connectivity index (χ2n) is 9.77. The van der Waals surface area contributed by atoms with E-state index >= 15 is 0 Å². The van der Waals surface area contributed by atoms with Gasteiger partial charge in [0, 0.05) is 36.3 Å². The Kier molecular flexibility index (Phi) is 12.1. The molecule has 0 spiro atoms. The number of halogens is 1. The predicted molar refractivity (Wildman–Crippen MR) is 171 cm³/mol. The second kappa shape index (κ2) is 16.4. The van der Waals surface area contributed by atoms with E-state index in [1.165, 1.54) is 24.4 Å². The first-order valence-electron chi connectivity index (χ1n) is 14.4. The van der Waals surface area contributed by atoms with Crippen molar-refractivity contribution in [3.05, 3.63) is 107 Å².